The first-order chi connectivity index (χ1) is 8.81. The molecule has 0 saturated carbocycles. The summed E-state index contributed by atoms with van der Waals surface area (Å²) in [4.78, 5) is 15.1. The molecule has 0 radical (unpaired) electrons. The summed E-state index contributed by atoms with van der Waals surface area (Å²) >= 11 is 0. The average molecular weight is 240 g/mol. The van der Waals surface area contributed by atoms with E-state index >= 15 is 0 Å². The molecule has 3 aromatic rings. The Morgan fingerprint density at radius 2 is 1.89 bits per heavy atom. The van der Waals surface area contributed by atoms with Gasteiger partial charge < -0.3 is 15.4 Å². The van der Waals surface area contributed by atoms with Gasteiger partial charge in [0.15, 0.2) is 0 Å². The van der Waals surface area contributed by atoms with Crippen LogP contribution in [0.4, 0.5) is 0 Å². The molecule has 3 N–H and O–H groups in total. The molecule has 4 heteroatoms. The number of amides is 1. The Morgan fingerprint density at radius 1 is 1.11 bits per heavy atom. The zero-order valence-corrected chi connectivity index (χ0v) is 9.60. The predicted molar refractivity (Wildman–Crippen MR) is 70.4 cm³/mol. The molecule has 0 aliphatic rings. The van der Waals surface area contributed by atoms with Crippen molar-refractivity contribution in [3.8, 4) is 0 Å². The van der Waals surface area contributed by atoms with Crippen LogP contribution < -0.4 is 5.32 Å². The van der Waals surface area contributed by atoms with Crippen LogP contribution in [0.15, 0.2) is 42.5 Å². The van der Waals surface area contributed by atoms with Crippen molar-refractivity contribution in [1.29, 1.82) is 0 Å². The Hall–Kier alpha value is -2.33. The van der Waals surface area contributed by atoms with Crippen LogP contribution in [0, 0.1) is 0 Å². The number of benzene rings is 2. The average Bonchev–Trinajstić information content (AvgIpc) is 2.77. The van der Waals surface area contributed by atoms with Crippen LogP contribution in [0.5, 0.6) is 0 Å². The van der Waals surface area contributed by atoms with Gasteiger partial charge in [0.1, 0.15) is 6.73 Å². The molecule has 3 rings (SSSR count). The number of hydrogen-bond donors (Lipinski definition) is 3. The van der Waals surface area contributed by atoms with Crippen LogP contribution in [-0.4, -0.2) is 22.7 Å². The highest BCUT2D eigenvalue weighted by atomic mass is 16.3. The number of aromatic amines is 1. The molecule has 2 aromatic carbocycles. The Labute approximate surface area is 103 Å². The first kappa shape index (κ1) is 10.8. The smallest absolute Gasteiger partial charge is 0.255 e. The van der Waals surface area contributed by atoms with Gasteiger partial charge in [-0.25, -0.2) is 0 Å². The van der Waals surface area contributed by atoms with Gasteiger partial charge in [-0.15, -0.1) is 0 Å². The van der Waals surface area contributed by atoms with E-state index in [4.69, 9.17) is 5.11 Å². The fourth-order valence-electron chi connectivity index (χ4n) is 2.23. The Balaban J connectivity index is 2.31. The van der Waals surface area contributed by atoms with E-state index in [1.807, 2.05) is 36.4 Å². The standard InChI is InChI=1S/C14H12N2O2/c17-8-15-14(18)11-6-3-5-10-9-4-1-2-7-12(9)16-13(10)11/h1-7,16-17H,8H2,(H,15,18). The van der Waals surface area contributed by atoms with E-state index in [1.54, 1.807) is 6.07 Å². The molecule has 4 nitrogen and oxygen atoms in total. The Morgan fingerprint density at radius 3 is 2.72 bits per heavy atom. The van der Waals surface area contributed by atoms with Gasteiger partial charge in [0.05, 0.1) is 11.1 Å². The molecule has 1 amide bonds. The lowest BCUT2D eigenvalue weighted by molar-refractivity contribution is 0.0912. The number of para-hydroxylation sites is 2. The molecular formula is C14H12N2O2. The molecule has 0 fully saturated rings. The van der Waals surface area contributed by atoms with Crippen molar-refractivity contribution in [2.45, 2.75) is 0 Å². The topological polar surface area (TPSA) is 65.1 Å². The monoisotopic (exact) mass is 240 g/mol. The molecule has 0 spiro atoms. The van der Waals surface area contributed by atoms with Gasteiger partial charge in [-0.3, -0.25) is 4.79 Å². The molecule has 0 bridgehead atoms. The summed E-state index contributed by atoms with van der Waals surface area (Å²) in [5.74, 6) is -0.283. The minimum absolute atomic E-state index is 0.283. The maximum atomic E-state index is 11.8. The van der Waals surface area contributed by atoms with Crippen LogP contribution in [0.25, 0.3) is 21.8 Å². The van der Waals surface area contributed by atoms with E-state index in [1.165, 1.54) is 0 Å². The highest BCUT2D eigenvalue weighted by Crippen LogP contribution is 2.27. The number of nitrogens with one attached hydrogen (secondary N) is 2. The van der Waals surface area contributed by atoms with Crippen LogP contribution in [0.2, 0.25) is 0 Å². The molecule has 0 aliphatic heterocycles. The minimum atomic E-state index is -0.366. The highest BCUT2D eigenvalue weighted by Gasteiger charge is 2.12. The third kappa shape index (κ3) is 1.55. The van der Waals surface area contributed by atoms with Crippen LogP contribution in [-0.2, 0) is 0 Å². The highest BCUT2D eigenvalue weighted by molar-refractivity contribution is 6.14. The molecule has 90 valence electrons. The molecule has 0 atom stereocenters. The van der Waals surface area contributed by atoms with Gasteiger partial charge in [0.2, 0.25) is 0 Å². The van der Waals surface area contributed by atoms with Gasteiger partial charge in [-0.05, 0) is 12.1 Å². The van der Waals surface area contributed by atoms with Crippen molar-refractivity contribution in [2.24, 2.45) is 0 Å². The summed E-state index contributed by atoms with van der Waals surface area (Å²) in [7, 11) is 0. The number of H-pyrrole nitrogens is 1. The summed E-state index contributed by atoms with van der Waals surface area (Å²) in [6, 6.07) is 13.5. The summed E-state index contributed by atoms with van der Waals surface area (Å²) < 4.78 is 0. The first-order valence-corrected chi connectivity index (χ1v) is 5.70. The fraction of sp³-hybridized carbons (Fsp3) is 0.0714. The third-order valence-electron chi connectivity index (χ3n) is 3.03. The molecule has 0 saturated heterocycles. The van der Waals surface area contributed by atoms with Gasteiger partial charge in [0, 0.05) is 16.3 Å². The van der Waals surface area contributed by atoms with Gasteiger partial charge in [0.25, 0.3) is 5.91 Å². The minimum Gasteiger partial charge on any atom is -0.376 e. The predicted octanol–water partition coefficient (Wildman–Crippen LogP) is 2.00. The van der Waals surface area contributed by atoms with Crippen molar-refractivity contribution in [1.82, 2.24) is 10.3 Å². The number of carbonyl (C=O) groups excluding carboxylic acids is 1. The normalized spacial score (nSPS) is 10.9. The molecule has 0 aliphatic carbocycles. The maximum Gasteiger partial charge on any atom is 0.255 e. The quantitative estimate of drug-likeness (QED) is 0.600. The number of hydrogen-bond acceptors (Lipinski definition) is 2. The number of aromatic nitrogens is 1. The largest absolute Gasteiger partial charge is 0.376 e. The second kappa shape index (κ2) is 4.16. The number of fused-ring (bicyclic) bond motifs is 3. The van der Waals surface area contributed by atoms with Crippen molar-refractivity contribution >= 4 is 27.7 Å². The SMILES string of the molecule is O=C(NCO)c1cccc2c1[nH]c1ccccc12. The van der Waals surface area contributed by atoms with E-state index in [0.29, 0.717) is 5.56 Å². The fourth-order valence-corrected chi connectivity index (χ4v) is 2.23. The van der Waals surface area contributed by atoms with E-state index in [9.17, 15) is 4.79 Å². The maximum absolute atomic E-state index is 11.8. The summed E-state index contributed by atoms with van der Waals surface area (Å²) in [5, 5.41) is 13.3. The first-order valence-electron chi connectivity index (χ1n) is 5.70. The van der Waals surface area contributed by atoms with E-state index < -0.39 is 0 Å². The van der Waals surface area contributed by atoms with Crippen LogP contribution >= 0.6 is 0 Å². The Kier molecular flexibility index (Phi) is 2.50. The second-order valence-electron chi connectivity index (χ2n) is 4.06. The lowest BCUT2D eigenvalue weighted by Gasteiger charge is -2.02. The lowest BCUT2D eigenvalue weighted by atomic mass is 10.1. The van der Waals surface area contributed by atoms with Crippen molar-refractivity contribution in [3.05, 3.63) is 48.0 Å². The zero-order valence-electron chi connectivity index (χ0n) is 9.60. The molecule has 18 heavy (non-hydrogen) atoms. The number of aliphatic hydroxyl groups is 1. The molecule has 1 heterocycles. The zero-order chi connectivity index (χ0) is 12.5. The Bertz CT molecular complexity index is 731. The summed E-state index contributed by atoms with van der Waals surface area (Å²) in [6.45, 7) is -0.366. The van der Waals surface area contributed by atoms with Crippen molar-refractivity contribution in [2.75, 3.05) is 6.73 Å². The van der Waals surface area contributed by atoms with Crippen LogP contribution in [0.3, 0.4) is 0 Å². The van der Waals surface area contributed by atoms with Crippen molar-refractivity contribution < 1.29 is 9.90 Å². The number of carbonyl (C=O) groups is 1. The van der Waals surface area contributed by atoms with Gasteiger partial charge >= 0.3 is 0 Å². The molecule has 1 aromatic heterocycles. The van der Waals surface area contributed by atoms with E-state index in [2.05, 4.69) is 10.3 Å². The van der Waals surface area contributed by atoms with Crippen LogP contribution in [0.1, 0.15) is 10.4 Å². The lowest BCUT2D eigenvalue weighted by Crippen LogP contribution is -2.24. The summed E-state index contributed by atoms with van der Waals surface area (Å²) in [5.41, 5.74) is 2.33. The van der Waals surface area contributed by atoms with Crippen molar-refractivity contribution in [3.63, 3.8) is 0 Å². The van der Waals surface area contributed by atoms with E-state index in [-0.39, 0.29) is 12.6 Å². The van der Waals surface area contributed by atoms with E-state index in [0.717, 1.165) is 21.8 Å². The van der Waals surface area contributed by atoms with Gasteiger partial charge in [-0.2, -0.15) is 0 Å². The number of aliphatic hydroxyl groups excluding tert-OH is 1. The second-order valence-corrected chi connectivity index (χ2v) is 4.06. The molecule has 0 unspecified atom stereocenters. The van der Waals surface area contributed by atoms with Gasteiger partial charge in [-0.1, -0.05) is 30.3 Å². The third-order valence-corrected chi connectivity index (χ3v) is 3.03. The molecular weight excluding hydrogens is 228 g/mol. The number of rotatable bonds is 2. The summed E-state index contributed by atoms with van der Waals surface area (Å²) in [6.07, 6.45) is 0.